The number of aliphatic hydroxyl groups is 6. The van der Waals surface area contributed by atoms with E-state index in [9.17, 15) is 35.4 Å². The number of ether oxygens (including phenoxy) is 8. The zero-order valence-electron chi connectivity index (χ0n) is 39.2. The van der Waals surface area contributed by atoms with Gasteiger partial charge in [0.2, 0.25) is 24.3 Å². The Morgan fingerprint density at radius 2 is 0.909 bits per heavy atom. The summed E-state index contributed by atoms with van der Waals surface area (Å²) >= 11 is 0. The molecule has 4 heterocycles. The van der Waals surface area contributed by atoms with E-state index in [0.717, 1.165) is 34.0 Å². The molecule has 364 valence electrons. The number of benzene rings is 2. The summed E-state index contributed by atoms with van der Waals surface area (Å²) in [6.07, 6.45) is -16.7. The van der Waals surface area contributed by atoms with E-state index in [1.165, 1.54) is 0 Å². The van der Waals surface area contributed by atoms with Crippen LogP contribution in [-0.4, -0.2) is 143 Å². The monoisotopic (exact) mass is 926 g/mol. The van der Waals surface area contributed by atoms with Gasteiger partial charge in [-0.3, -0.25) is 9.36 Å². The molecule has 2 fully saturated rings. The van der Waals surface area contributed by atoms with E-state index in [1.54, 1.807) is 9.36 Å². The van der Waals surface area contributed by atoms with Crippen LogP contribution >= 0.6 is 0 Å². The minimum absolute atomic E-state index is 0.0151. The molecule has 6 rings (SSSR count). The molecule has 0 radical (unpaired) electrons. The van der Waals surface area contributed by atoms with Crippen LogP contribution in [0.4, 0.5) is 4.79 Å². The second-order valence-corrected chi connectivity index (χ2v) is 17.9. The summed E-state index contributed by atoms with van der Waals surface area (Å²) in [5.41, 5.74) is 4.87. The Bertz CT molecular complexity index is 2040. The lowest BCUT2D eigenvalue weighted by Gasteiger charge is -2.40. The fraction of sp³-hybridized carbons (Fsp3) is 0.596. The summed E-state index contributed by atoms with van der Waals surface area (Å²) in [6.45, 7) is 18.1. The molecule has 0 spiro atoms. The highest BCUT2D eigenvalue weighted by atomic mass is 16.8. The average Bonchev–Trinajstić information content (AvgIpc) is 3.74. The number of rotatable bonds is 18. The molecule has 0 amide bonds. The van der Waals surface area contributed by atoms with Crippen LogP contribution < -0.4 is 18.9 Å². The Morgan fingerprint density at radius 3 is 1.23 bits per heavy atom. The van der Waals surface area contributed by atoms with Crippen molar-refractivity contribution in [1.29, 1.82) is 0 Å². The van der Waals surface area contributed by atoms with Gasteiger partial charge in [0.15, 0.2) is 0 Å². The summed E-state index contributed by atoms with van der Waals surface area (Å²) in [7, 11) is 0. The van der Waals surface area contributed by atoms with Crippen molar-refractivity contribution >= 4 is 6.16 Å². The molecule has 0 unspecified atom stereocenters. The Morgan fingerprint density at radius 1 is 0.561 bits per heavy atom. The molecule has 6 N–H and O–H groups in total. The Balaban J connectivity index is 1.08. The Hall–Kier alpha value is -4.99. The fourth-order valence-corrected chi connectivity index (χ4v) is 7.84. The maximum absolute atomic E-state index is 12.9. The van der Waals surface area contributed by atoms with E-state index < -0.39 is 80.8 Å². The third-order valence-electron chi connectivity index (χ3n) is 11.3. The standard InChI is InChI=1S/C47H66N4O15/c1-23(2)50-27(9)33(19-29-11-15-31(16-12-29)61-25(5)6)43(48-50)65-45-41(56)39(54)37(52)35(63-45)21-59-47(58)60-22-36-38(53)40(55)42(57)46(64-36)66-44-34(28(10)51(49-44)24(3)4)20-30-13-17-32(18-14-30)62-26(7)8/h11-18,23-26,35-42,45-46,52-57H,19-22H2,1-10H3/t35-,36-,37-,38-,39+,40+,41-,42-,45+,46+/m1/s1. The van der Waals surface area contributed by atoms with Crippen molar-refractivity contribution in [1.82, 2.24) is 19.6 Å². The average molecular weight is 927 g/mol. The maximum Gasteiger partial charge on any atom is 0.508 e. The molecule has 10 atom stereocenters. The van der Waals surface area contributed by atoms with Crippen molar-refractivity contribution in [3.63, 3.8) is 0 Å². The van der Waals surface area contributed by atoms with Gasteiger partial charge in [-0.2, -0.15) is 0 Å². The lowest BCUT2D eigenvalue weighted by atomic mass is 9.99. The van der Waals surface area contributed by atoms with Crippen molar-refractivity contribution in [3.8, 4) is 23.3 Å². The lowest BCUT2D eigenvalue weighted by molar-refractivity contribution is -0.281. The summed E-state index contributed by atoms with van der Waals surface area (Å²) < 4.78 is 49.5. The van der Waals surface area contributed by atoms with Gasteiger partial charge in [0.25, 0.3) is 0 Å². The number of hydrogen-bond acceptors (Lipinski definition) is 17. The van der Waals surface area contributed by atoms with Crippen LogP contribution in [0.15, 0.2) is 48.5 Å². The Kier molecular flexibility index (Phi) is 16.6. The number of carbonyl (C=O) groups excluding carboxylic acids is 1. The minimum Gasteiger partial charge on any atom is -0.491 e. The molecule has 19 nitrogen and oxygen atoms in total. The number of carbonyl (C=O) groups is 1. The van der Waals surface area contributed by atoms with Crippen LogP contribution in [0.3, 0.4) is 0 Å². The number of aliphatic hydroxyl groups excluding tert-OH is 6. The van der Waals surface area contributed by atoms with Gasteiger partial charge < -0.3 is 68.5 Å². The predicted octanol–water partition coefficient (Wildman–Crippen LogP) is 3.84. The van der Waals surface area contributed by atoms with Crippen molar-refractivity contribution in [3.05, 3.63) is 82.2 Å². The molecule has 4 aromatic rings. The molecule has 0 saturated carbocycles. The molecule has 19 heteroatoms. The van der Waals surface area contributed by atoms with Gasteiger partial charge in [0.05, 0.1) is 12.2 Å². The molecule has 2 saturated heterocycles. The molecule has 2 aliphatic heterocycles. The number of hydrogen-bond donors (Lipinski definition) is 6. The van der Waals surface area contributed by atoms with Gasteiger partial charge in [-0.25, -0.2) is 4.79 Å². The van der Waals surface area contributed by atoms with E-state index in [0.29, 0.717) is 24.0 Å². The number of aromatic nitrogens is 4. The lowest BCUT2D eigenvalue weighted by Crippen LogP contribution is -2.60. The van der Waals surface area contributed by atoms with E-state index in [4.69, 9.17) is 37.9 Å². The molecule has 2 aliphatic rings. The van der Waals surface area contributed by atoms with Crippen LogP contribution in [0.2, 0.25) is 0 Å². The molecule has 0 bridgehead atoms. The predicted molar refractivity (Wildman–Crippen MR) is 237 cm³/mol. The summed E-state index contributed by atoms with van der Waals surface area (Å²) in [5, 5.41) is 74.5. The smallest absolute Gasteiger partial charge is 0.491 e. The third-order valence-corrected chi connectivity index (χ3v) is 11.3. The highest BCUT2D eigenvalue weighted by Gasteiger charge is 2.48. The van der Waals surface area contributed by atoms with Gasteiger partial charge in [-0.15, -0.1) is 10.2 Å². The van der Waals surface area contributed by atoms with Gasteiger partial charge >= 0.3 is 6.16 Å². The van der Waals surface area contributed by atoms with Crippen LogP contribution in [0.5, 0.6) is 23.3 Å². The SMILES string of the molecule is Cc1c(Cc2ccc(OC(C)C)cc2)c(O[C@@H]2O[C@H](COC(=O)OC[C@H]3O[C@@H](Oc4nn(C(C)C)c(C)c4Cc4ccc(OC(C)C)cc4)[C@H](O)[C@@H](O)[C@@H]3O)[C@@H](O)[C@H](O)[C@H]2O)nn1C(C)C. The van der Waals surface area contributed by atoms with Crippen molar-refractivity contribution < 1.29 is 73.3 Å². The first-order valence-electron chi connectivity index (χ1n) is 22.4. The minimum atomic E-state index is -1.77. The van der Waals surface area contributed by atoms with Crippen LogP contribution in [-0.2, 0) is 31.8 Å². The third kappa shape index (κ3) is 11.9. The second-order valence-electron chi connectivity index (χ2n) is 17.9. The van der Waals surface area contributed by atoms with Gasteiger partial charge in [-0.1, -0.05) is 24.3 Å². The van der Waals surface area contributed by atoms with Gasteiger partial charge in [-0.05, 0) is 105 Å². The molecular formula is C47H66N4O15. The molecule has 0 aliphatic carbocycles. The zero-order valence-corrected chi connectivity index (χ0v) is 39.2. The fourth-order valence-electron chi connectivity index (χ4n) is 7.84. The second kappa shape index (κ2) is 21.8. The normalized spacial score (nSPS) is 25.7. The first kappa shape index (κ1) is 50.4. The Labute approximate surface area is 384 Å². The van der Waals surface area contributed by atoms with Gasteiger partial charge in [0, 0.05) is 47.4 Å². The highest BCUT2D eigenvalue weighted by molar-refractivity contribution is 5.59. The summed E-state index contributed by atoms with van der Waals surface area (Å²) in [4.78, 5) is 12.9. The van der Waals surface area contributed by atoms with Crippen LogP contribution in [0, 0.1) is 13.8 Å². The largest absolute Gasteiger partial charge is 0.508 e. The summed E-state index contributed by atoms with van der Waals surface area (Å²) in [5.74, 6) is 1.72. The van der Waals surface area contributed by atoms with Crippen molar-refractivity contribution in [2.75, 3.05) is 13.2 Å². The summed E-state index contributed by atoms with van der Waals surface area (Å²) in [6, 6.07) is 15.1. The van der Waals surface area contributed by atoms with Crippen LogP contribution in [0.1, 0.15) is 101 Å². The quantitative estimate of drug-likeness (QED) is 0.0776. The number of nitrogens with zero attached hydrogens (tertiary/aromatic N) is 4. The van der Waals surface area contributed by atoms with E-state index in [1.807, 2.05) is 118 Å². The van der Waals surface area contributed by atoms with Crippen LogP contribution in [0.25, 0.3) is 0 Å². The molecule has 2 aromatic carbocycles. The van der Waals surface area contributed by atoms with E-state index >= 15 is 0 Å². The van der Waals surface area contributed by atoms with Crippen molar-refractivity contribution in [2.24, 2.45) is 0 Å². The molecule has 66 heavy (non-hydrogen) atoms. The topological polar surface area (TPSA) is 248 Å². The molecule has 2 aromatic heterocycles. The van der Waals surface area contributed by atoms with E-state index in [-0.39, 0.29) is 36.1 Å². The van der Waals surface area contributed by atoms with Gasteiger partial charge in [0.1, 0.15) is 73.5 Å². The molecular weight excluding hydrogens is 861 g/mol. The first-order chi connectivity index (χ1) is 31.2. The maximum atomic E-state index is 12.9. The van der Waals surface area contributed by atoms with E-state index in [2.05, 4.69) is 10.2 Å². The first-order valence-corrected chi connectivity index (χ1v) is 22.4. The highest BCUT2D eigenvalue weighted by Crippen LogP contribution is 2.33. The van der Waals surface area contributed by atoms with Crippen molar-refractivity contribution in [2.45, 2.75) is 168 Å². The zero-order chi connectivity index (χ0) is 48.1.